The predicted molar refractivity (Wildman–Crippen MR) is 88.3 cm³/mol. The largest absolute Gasteiger partial charge is 0.369 e. The average molecular weight is 292 g/mol. The number of hydrogen-bond acceptors (Lipinski definition) is 2. The van der Waals surface area contributed by atoms with Gasteiger partial charge in [-0.1, -0.05) is 32.9 Å². The van der Waals surface area contributed by atoms with Crippen LogP contribution < -0.4 is 10.2 Å². The van der Waals surface area contributed by atoms with Gasteiger partial charge in [0.15, 0.2) is 0 Å². The highest BCUT2D eigenvalue weighted by atomic mass is 19.1. The zero-order valence-corrected chi connectivity index (χ0v) is 13.8. The molecule has 0 radical (unpaired) electrons. The van der Waals surface area contributed by atoms with E-state index in [1.165, 1.54) is 12.8 Å². The first-order valence-corrected chi connectivity index (χ1v) is 8.31. The van der Waals surface area contributed by atoms with Gasteiger partial charge in [0.25, 0.3) is 0 Å². The Morgan fingerprint density at radius 3 is 2.48 bits per heavy atom. The molecule has 2 nitrogen and oxygen atoms in total. The average Bonchev–Trinajstić information content (AvgIpc) is 2.47. The van der Waals surface area contributed by atoms with E-state index in [2.05, 4.69) is 44.0 Å². The third-order valence-corrected chi connectivity index (χ3v) is 4.79. The van der Waals surface area contributed by atoms with E-state index in [1.54, 1.807) is 6.07 Å². The highest BCUT2D eigenvalue weighted by Gasteiger charge is 2.25. The number of halogens is 1. The minimum atomic E-state index is -0.0831. The van der Waals surface area contributed by atoms with Crippen molar-refractivity contribution in [1.29, 1.82) is 0 Å². The number of nitrogens with one attached hydrogen (secondary N) is 1. The Morgan fingerprint density at radius 2 is 1.90 bits per heavy atom. The van der Waals surface area contributed by atoms with E-state index in [1.807, 2.05) is 6.07 Å². The summed E-state index contributed by atoms with van der Waals surface area (Å²) in [5.41, 5.74) is 1.90. The quantitative estimate of drug-likeness (QED) is 0.867. The van der Waals surface area contributed by atoms with Crippen molar-refractivity contribution < 1.29 is 4.39 Å². The number of hydrogen-bond donors (Lipinski definition) is 1. The summed E-state index contributed by atoms with van der Waals surface area (Å²) >= 11 is 0. The van der Waals surface area contributed by atoms with Gasteiger partial charge in [-0.05, 0) is 49.8 Å². The van der Waals surface area contributed by atoms with Crippen LogP contribution in [-0.2, 0) is 0 Å². The topological polar surface area (TPSA) is 15.3 Å². The van der Waals surface area contributed by atoms with Crippen molar-refractivity contribution in [3.63, 3.8) is 0 Å². The van der Waals surface area contributed by atoms with Crippen LogP contribution in [0.4, 0.5) is 10.1 Å². The highest BCUT2D eigenvalue weighted by Crippen LogP contribution is 2.34. The van der Waals surface area contributed by atoms with Gasteiger partial charge in [-0.15, -0.1) is 0 Å². The van der Waals surface area contributed by atoms with Crippen molar-refractivity contribution in [2.45, 2.75) is 46.6 Å². The Hall–Kier alpha value is -1.09. The van der Waals surface area contributed by atoms with E-state index in [-0.39, 0.29) is 11.9 Å². The van der Waals surface area contributed by atoms with E-state index in [0.717, 1.165) is 42.7 Å². The lowest BCUT2D eigenvalue weighted by Gasteiger charge is -2.37. The van der Waals surface area contributed by atoms with Gasteiger partial charge in [0.2, 0.25) is 0 Å². The fourth-order valence-corrected chi connectivity index (χ4v) is 3.42. The summed E-state index contributed by atoms with van der Waals surface area (Å²) in [6, 6.07) is 5.65. The van der Waals surface area contributed by atoms with Gasteiger partial charge in [0, 0.05) is 19.1 Å². The van der Waals surface area contributed by atoms with E-state index in [9.17, 15) is 4.39 Å². The monoisotopic (exact) mass is 292 g/mol. The molecule has 0 aliphatic carbocycles. The van der Waals surface area contributed by atoms with Crippen LogP contribution in [0.1, 0.15) is 52.1 Å². The molecule has 1 aliphatic heterocycles. The van der Waals surface area contributed by atoms with Gasteiger partial charge < -0.3 is 10.2 Å². The first kappa shape index (κ1) is 16.3. The molecule has 2 rings (SSSR count). The molecular weight excluding hydrogens is 263 g/mol. The molecule has 3 heteroatoms. The predicted octanol–water partition coefficient (Wildman–Crippen LogP) is 4.37. The minimum absolute atomic E-state index is 0.0831. The third kappa shape index (κ3) is 3.76. The molecule has 1 N–H and O–H groups in total. The van der Waals surface area contributed by atoms with Gasteiger partial charge in [-0.25, -0.2) is 4.39 Å². The summed E-state index contributed by atoms with van der Waals surface area (Å²) in [6.07, 6.45) is 2.34. The number of benzene rings is 1. The summed E-state index contributed by atoms with van der Waals surface area (Å²) in [4.78, 5) is 2.25. The van der Waals surface area contributed by atoms with E-state index in [4.69, 9.17) is 0 Å². The molecule has 118 valence electrons. The zero-order chi connectivity index (χ0) is 15.4. The molecule has 1 saturated heterocycles. The molecule has 1 unspecified atom stereocenters. The van der Waals surface area contributed by atoms with Crippen LogP contribution in [0.5, 0.6) is 0 Å². The molecule has 1 atom stereocenters. The Labute approximate surface area is 128 Å². The van der Waals surface area contributed by atoms with Gasteiger partial charge >= 0.3 is 0 Å². The lowest BCUT2D eigenvalue weighted by Crippen LogP contribution is -2.37. The number of anilines is 1. The Morgan fingerprint density at radius 1 is 1.24 bits per heavy atom. The third-order valence-electron chi connectivity index (χ3n) is 4.79. The van der Waals surface area contributed by atoms with Gasteiger partial charge in [0.1, 0.15) is 5.82 Å². The maximum absolute atomic E-state index is 14.4. The fourth-order valence-electron chi connectivity index (χ4n) is 3.42. The number of rotatable bonds is 5. The Balaban J connectivity index is 2.19. The summed E-state index contributed by atoms with van der Waals surface area (Å²) in [7, 11) is 0. The standard InChI is InChI=1S/C18H29FN2/c1-5-20-14(4)16-7-6-8-17(19)18(16)21-11-9-15(10-12-21)13(2)3/h6-8,13-15,20H,5,9-12H2,1-4H3. The second-order valence-corrected chi connectivity index (χ2v) is 6.53. The van der Waals surface area contributed by atoms with Gasteiger partial charge in [0.05, 0.1) is 5.69 Å². The molecule has 0 spiro atoms. The number of nitrogens with zero attached hydrogens (tertiary/aromatic N) is 1. The summed E-state index contributed by atoms with van der Waals surface area (Å²) < 4.78 is 14.4. The maximum Gasteiger partial charge on any atom is 0.146 e. The summed E-state index contributed by atoms with van der Waals surface area (Å²) in [5.74, 6) is 1.43. The van der Waals surface area contributed by atoms with E-state index < -0.39 is 0 Å². The van der Waals surface area contributed by atoms with Gasteiger partial charge in [-0.3, -0.25) is 0 Å². The van der Waals surface area contributed by atoms with Crippen molar-refractivity contribution >= 4 is 5.69 Å². The molecule has 21 heavy (non-hydrogen) atoms. The molecular formula is C18H29FN2. The SMILES string of the molecule is CCNC(C)c1cccc(F)c1N1CCC(C(C)C)CC1. The smallest absolute Gasteiger partial charge is 0.146 e. The molecule has 1 aliphatic rings. The number of piperidine rings is 1. The first-order valence-electron chi connectivity index (χ1n) is 8.31. The zero-order valence-electron chi connectivity index (χ0n) is 13.8. The maximum atomic E-state index is 14.4. The summed E-state index contributed by atoms with van der Waals surface area (Å²) in [5, 5.41) is 3.40. The minimum Gasteiger partial charge on any atom is -0.369 e. The normalized spacial score (nSPS) is 18.3. The molecule has 0 saturated carbocycles. The second-order valence-electron chi connectivity index (χ2n) is 6.53. The van der Waals surface area contributed by atoms with Crippen molar-refractivity contribution in [3.8, 4) is 0 Å². The second kappa shape index (κ2) is 7.26. The molecule has 0 amide bonds. The van der Waals surface area contributed by atoms with Crippen molar-refractivity contribution in [2.75, 3.05) is 24.5 Å². The molecule has 1 fully saturated rings. The van der Waals surface area contributed by atoms with Crippen molar-refractivity contribution in [2.24, 2.45) is 11.8 Å². The summed E-state index contributed by atoms with van der Waals surface area (Å²) in [6.45, 7) is 11.6. The molecule has 1 aromatic rings. The number of para-hydroxylation sites is 1. The molecule has 1 heterocycles. The molecule has 1 aromatic carbocycles. The van der Waals surface area contributed by atoms with Gasteiger partial charge in [-0.2, -0.15) is 0 Å². The Bertz CT molecular complexity index is 451. The lowest BCUT2D eigenvalue weighted by molar-refractivity contribution is 0.310. The van der Waals surface area contributed by atoms with Crippen LogP contribution in [0.25, 0.3) is 0 Å². The van der Waals surface area contributed by atoms with Crippen LogP contribution in [0, 0.1) is 17.7 Å². The highest BCUT2D eigenvalue weighted by molar-refractivity contribution is 5.56. The van der Waals surface area contributed by atoms with E-state index >= 15 is 0 Å². The molecule has 0 aromatic heterocycles. The first-order chi connectivity index (χ1) is 10.0. The van der Waals surface area contributed by atoms with Crippen LogP contribution in [0.3, 0.4) is 0 Å². The fraction of sp³-hybridized carbons (Fsp3) is 0.667. The van der Waals surface area contributed by atoms with Crippen LogP contribution in [0.2, 0.25) is 0 Å². The van der Waals surface area contributed by atoms with Crippen LogP contribution in [-0.4, -0.2) is 19.6 Å². The van der Waals surface area contributed by atoms with Crippen molar-refractivity contribution in [1.82, 2.24) is 5.32 Å². The Kier molecular flexibility index (Phi) is 5.63. The van der Waals surface area contributed by atoms with Crippen LogP contribution in [0.15, 0.2) is 18.2 Å². The van der Waals surface area contributed by atoms with Crippen LogP contribution >= 0.6 is 0 Å². The lowest BCUT2D eigenvalue weighted by atomic mass is 9.86. The molecule has 0 bridgehead atoms. The van der Waals surface area contributed by atoms with Crippen molar-refractivity contribution in [3.05, 3.63) is 29.6 Å². The van der Waals surface area contributed by atoms with E-state index in [0.29, 0.717) is 0 Å².